The maximum atomic E-state index is 13.0. The molecule has 2 rings (SSSR count). The largest absolute Gasteiger partial charge is 0.378 e. The molecule has 1 aromatic carbocycles. The lowest BCUT2D eigenvalue weighted by Gasteiger charge is -2.34. The van der Waals surface area contributed by atoms with Crippen molar-refractivity contribution in [3.05, 3.63) is 34.6 Å². The van der Waals surface area contributed by atoms with E-state index in [0.29, 0.717) is 6.04 Å². The fourth-order valence-corrected chi connectivity index (χ4v) is 2.71. The van der Waals surface area contributed by atoms with Crippen LogP contribution >= 0.6 is 27.5 Å². The Labute approximate surface area is 114 Å². The topological polar surface area (TPSA) is 12.5 Å². The number of rotatable bonds is 3. The van der Waals surface area contributed by atoms with Gasteiger partial charge in [0, 0.05) is 24.5 Å². The quantitative estimate of drug-likeness (QED) is 0.793. The zero-order chi connectivity index (χ0) is 12.3. The Morgan fingerprint density at radius 1 is 1.53 bits per heavy atom. The Balaban J connectivity index is 2.05. The number of benzene rings is 1. The smallest absolute Gasteiger partial charge is 0.141 e. The van der Waals surface area contributed by atoms with E-state index in [2.05, 4.69) is 20.8 Å². The number of hydrogen-bond acceptors (Lipinski definition) is 2. The summed E-state index contributed by atoms with van der Waals surface area (Å²) in [5, 5.41) is 1.06. The fourth-order valence-electron chi connectivity index (χ4n) is 1.91. The number of halogens is 3. The molecule has 17 heavy (non-hydrogen) atoms. The minimum atomic E-state index is -0.366. The Bertz CT molecular complexity index is 391. The Morgan fingerprint density at radius 2 is 2.35 bits per heavy atom. The molecular formula is C12H14BrClFNO. The molecular weight excluding hydrogens is 308 g/mol. The molecule has 1 fully saturated rings. The number of ether oxygens (including phenoxy) is 1. The van der Waals surface area contributed by atoms with Gasteiger partial charge in [0.05, 0.1) is 18.2 Å². The molecule has 1 unspecified atom stereocenters. The van der Waals surface area contributed by atoms with Crippen molar-refractivity contribution in [3.8, 4) is 0 Å². The van der Waals surface area contributed by atoms with Crippen LogP contribution in [0, 0.1) is 5.82 Å². The van der Waals surface area contributed by atoms with Gasteiger partial charge >= 0.3 is 0 Å². The summed E-state index contributed by atoms with van der Waals surface area (Å²) in [5.41, 5.74) is 1.03. The van der Waals surface area contributed by atoms with Gasteiger partial charge in [-0.05, 0) is 17.7 Å². The SMILES string of the molecule is Fc1ccc(CN2CCOCC2CBr)cc1Cl. The van der Waals surface area contributed by atoms with Crippen LogP contribution < -0.4 is 0 Å². The van der Waals surface area contributed by atoms with Crippen molar-refractivity contribution in [2.24, 2.45) is 0 Å². The number of nitrogens with zero attached hydrogens (tertiary/aromatic N) is 1. The van der Waals surface area contributed by atoms with Crippen molar-refractivity contribution >= 4 is 27.5 Å². The summed E-state index contributed by atoms with van der Waals surface area (Å²) in [6.45, 7) is 3.16. The summed E-state index contributed by atoms with van der Waals surface area (Å²) in [5.74, 6) is -0.366. The van der Waals surface area contributed by atoms with Crippen molar-refractivity contribution in [1.29, 1.82) is 0 Å². The standard InChI is InChI=1S/C12H14BrClFNO/c13-6-10-8-17-4-3-16(10)7-9-1-2-12(15)11(14)5-9/h1-2,5,10H,3-4,6-8H2. The van der Waals surface area contributed by atoms with Crippen LogP contribution in [-0.2, 0) is 11.3 Å². The maximum Gasteiger partial charge on any atom is 0.141 e. The molecule has 0 spiro atoms. The molecule has 0 aromatic heterocycles. The summed E-state index contributed by atoms with van der Waals surface area (Å²) >= 11 is 9.26. The summed E-state index contributed by atoms with van der Waals surface area (Å²) in [6, 6.07) is 5.26. The lowest BCUT2D eigenvalue weighted by molar-refractivity contribution is -0.00213. The molecule has 1 heterocycles. The minimum Gasteiger partial charge on any atom is -0.378 e. The molecule has 0 amide bonds. The molecule has 1 aliphatic heterocycles. The van der Waals surface area contributed by atoms with E-state index < -0.39 is 0 Å². The van der Waals surface area contributed by atoms with E-state index in [-0.39, 0.29) is 10.8 Å². The molecule has 1 saturated heterocycles. The first-order valence-electron chi connectivity index (χ1n) is 5.52. The molecule has 0 radical (unpaired) electrons. The highest BCUT2D eigenvalue weighted by molar-refractivity contribution is 9.09. The first-order chi connectivity index (χ1) is 8.20. The summed E-state index contributed by atoms with van der Waals surface area (Å²) in [6.07, 6.45) is 0. The lowest BCUT2D eigenvalue weighted by atomic mass is 10.1. The van der Waals surface area contributed by atoms with Crippen LogP contribution in [0.1, 0.15) is 5.56 Å². The summed E-state index contributed by atoms with van der Waals surface area (Å²) < 4.78 is 18.5. The first kappa shape index (κ1) is 13.3. The van der Waals surface area contributed by atoms with Gasteiger partial charge in [0.2, 0.25) is 0 Å². The third-order valence-corrected chi connectivity index (χ3v) is 3.93. The van der Waals surface area contributed by atoms with Crippen LogP contribution in [0.2, 0.25) is 5.02 Å². The van der Waals surface area contributed by atoms with Gasteiger partial charge in [-0.25, -0.2) is 4.39 Å². The number of morpholine rings is 1. The van der Waals surface area contributed by atoms with E-state index in [9.17, 15) is 4.39 Å². The van der Waals surface area contributed by atoms with Crippen LogP contribution in [0.4, 0.5) is 4.39 Å². The van der Waals surface area contributed by atoms with Gasteiger partial charge in [0.15, 0.2) is 0 Å². The molecule has 1 aromatic rings. The minimum absolute atomic E-state index is 0.186. The van der Waals surface area contributed by atoms with E-state index in [1.165, 1.54) is 6.07 Å². The predicted molar refractivity (Wildman–Crippen MR) is 70.2 cm³/mol. The Morgan fingerprint density at radius 3 is 3.06 bits per heavy atom. The molecule has 0 saturated carbocycles. The van der Waals surface area contributed by atoms with Gasteiger partial charge in [0.1, 0.15) is 5.82 Å². The van der Waals surface area contributed by atoms with Crippen molar-refractivity contribution < 1.29 is 9.13 Å². The van der Waals surface area contributed by atoms with Crippen molar-refractivity contribution in [2.45, 2.75) is 12.6 Å². The number of alkyl halides is 1. The monoisotopic (exact) mass is 321 g/mol. The lowest BCUT2D eigenvalue weighted by Crippen LogP contribution is -2.45. The highest BCUT2D eigenvalue weighted by Gasteiger charge is 2.22. The van der Waals surface area contributed by atoms with Gasteiger partial charge in [-0.1, -0.05) is 33.6 Å². The van der Waals surface area contributed by atoms with E-state index in [0.717, 1.165) is 37.2 Å². The Hall–Kier alpha value is -0.160. The van der Waals surface area contributed by atoms with Gasteiger partial charge < -0.3 is 4.74 Å². The van der Waals surface area contributed by atoms with Gasteiger partial charge in [-0.3, -0.25) is 4.90 Å². The second-order valence-electron chi connectivity index (χ2n) is 4.10. The van der Waals surface area contributed by atoms with Gasteiger partial charge in [-0.15, -0.1) is 0 Å². The molecule has 2 nitrogen and oxygen atoms in total. The van der Waals surface area contributed by atoms with E-state index >= 15 is 0 Å². The van der Waals surface area contributed by atoms with Crippen molar-refractivity contribution in [1.82, 2.24) is 4.90 Å². The first-order valence-corrected chi connectivity index (χ1v) is 7.02. The number of hydrogen-bond donors (Lipinski definition) is 0. The molecule has 0 bridgehead atoms. The molecule has 1 aliphatic rings. The fraction of sp³-hybridized carbons (Fsp3) is 0.500. The van der Waals surface area contributed by atoms with E-state index in [1.54, 1.807) is 12.1 Å². The van der Waals surface area contributed by atoms with Gasteiger partial charge in [0.25, 0.3) is 0 Å². The summed E-state index contributed by atoms with van der Waals surface area (Å²) in [4.78, 5) is 2.32. The van der Waals surface area contributed by atoms with E-state index in [4.69, 9.17) is 16.3 Å². The third kappa shape index (κ3) is 3.41. The average molecular weight is 323 g/mol. The van der Waals surface area contributed by atoms with Crippen LogP contribution in [-0.4, -0.2) is 36.0 Å². The highest BCUT2D eigenvalue weighted by atomic mass is 79.9. The molecule has 0 aliphatic carbocycles. The molecule has 1 atom stereocenters. The predicted octanol–water partition coefficient (Wildman–Crippen LogP) is 3.07. The third-order valence-electron chi connectivity index (χ3n) is 2.90. The van der Waals surface area contributed by atoms with Crippen LogP contribution in [0.3, 0.4) is 0 Å². The van der Waals surface area contributed by atoms with Crippen LogP contribution in [0.15, 0.2) is 18.2 Å². The Kier molecular flexibility index (Phi) is 4.79. The van der Waals surface area contributed by atoms with E-state index in [1.807, 2.05) is 0 Å². The second-order valence-corrected chi connectivity index (χ2v) is 5.16. The highest BCUT2D eigenvalue weighted by Crippen LogP contribution is 2.19. The average Bonchev–Trinajstić information content (AvgIpc) is 2.34. The zero-order valence-corrected chi connectivity index (χ0v) is 11.7. The maximum absolute atomic E-state index is 13.0. The van der Waals surface area contributed by atoms with Crippen molar-refractivity contribution in [3.63, 3.8) is 0 Å². The second kappa shape index (κ2) is 6.14. The molecule has 5 heteroatoms. The van der Waals surface area contributed by atoms with Crippen LogP contribution in [0.5, 0.6) is 0 Å². The molecule has 94 valence electrons. The summed E-state index contributed by atoms with van der Waals surface area (Å²) in [7, 11) is 0. The van der Waals surface area contributed by atoms with Gasteiger partial charge in [-0.2, -0.15) is 0 Å². The normalized spacial score (nSPS) is 21.7. The van der Waals surface area contributed by atoms with Crippen molar-refractivity contribution in [2.75, 3.05) is 25.1 Å². The molecule has 0 N–H and O–H groups in total. The zero-order valence-electron chi connectivity index (χ0n) is 9.33. The van der Waals surface area contributed by atoms with Crippen LogP contribution in [0.25, 0.3) is 0 Å².